The highest BCUT2D eigenvalue weighted by Crippen LogP contribution is 2.36. The van der Waals surface area contributed by atoms with Crippen molar-refractivity contribution in [2.24, 2.45) is 0 Å². The van der Waals surface area contributed by atoms with Crippen molar-refractivity contribution < 1.29 is 14.3 Å². The number of hydrogen-bond donors (Lipinski definition) is 0. The standard InChI is InChI=1S/C36H37Cl2N3O3/c1-24-5-7-29(8-6-24)23-43-32-13-14-34(39-21-32)44-35-25(2)19-30(20-33(35)38)26(3)27(4)36(42)41-17-15-40(16-18-41)22-28-9-11-31(37)12-10-28/h5-14,19-21H,15-18,22-23H2,1-4H3. The number of allylic oxidation sites excluding steroid dienone is 1. The molecule has 0 spiro atoms. The Labute approximate surface area is 269 Å². The van der Waals surface area contributed by atoms with E-state index < -0.39 is 0 Å². The summed E-state index contributed by atoms with van der Waals surface area (Å²) in [4.78, 5) is 22.1. The van der Waals surface area contributed by atoms with Gasteiger partial charge in [0, 0.05) is 49.4 Å². The molecule has 228 valence electrons. The lowest BCUT2D eigenvalue weighted by atomic mass is 9.99. The van der Waals surface area contributed by atoms with Gasteiger partial charge in [0.15, 0.2) is 5.75 Å². The van der Waals surface area contributed by atoms with E-state index in [0.717, 1.165) is 46.9 Å². The number of halogens is 2. The van der Waals surface area contributed by atoms with Crippen molar-refractivity contribution in [3.8, 4) is 17.4 Å². The number of piperazine rings is 1. The number of rotatable bonds is 9. The third kappa shape index (κ3) is 8.00. The molecule has 0 radical (unpaired) electrons. The molecule has 0 saturated carbocycles. The van der Waals surface area contributed by atoms with E-state index in [9.17, 15) is 4.79 Å². The van der Waals surface area contributed by atoms with Crippen LogP contribution in [0.4, 0.5) is 0 Å². The van der Waals surface area contributed by atoms with Crippen LogP contribution in [0, 0.1) is 13.8 Å². The number of nitrogens with zero attached hydrogens (tertiary/aromatic N) is 3. The fourth-order valence-electron chi connectivity index (χ4n) is 5.12. The Bertz CT molecular complexity index is 1600. The molecule has 44 heavy (non-hydrogen) atoms. The molecule has 4 aromatic rings. The molecule has 1 aromatic heterocycles. The predicted octanol–water partition coefficient (Wildman–Crippen LogP) is 8.51. The van der Waals surface area contributed by atoms with Crippen LogP contribution in [-0.4, -0.2) is 46.9 Å². The average Bonchev–Trinajstić information content (AvgIpc) is 3.03. The minimum absolute atomic E-state index is 0.0524. The smallest absolute Gasteiger partial charge is 0.249 e. The van der Waals surface area contributed by atoms with Gasteiger partial charge in [0.05, 0.1) is 11.2 Å². The lowest BCUT2D eigenvalue weighted by Gasteiger charge is -2.35. The molecule has 6 nitrogen and oxygen atoms in total. The first-order valence-corrected chi connectivity index (χ1v) is 15.5. The van der Waals surface area contributed by atoms with Gasteiger partial charge in [-0.3, -0.25) is 9.69 Å². The van der Waals surface area contributed by atoms with Gasteiger partial charge in [-0.2, -0.15) is 0 Å². The lowest BCUT2D eigenvalue weighted by Crippen LogP contribution is -2.48. The lowest BCUT2D eigenvalue weighted by molar-refractivity contribution is -0.128. The first kappa shape index (κ1) is 31.6. The minimum atomic E-state index is 0.0524. The topological polar surface area (TPSA) is 54.9 Å². The molecule has 8 heteroatoms. The molecule has 1 fully saturated rings. The number of carbonyl (C=O) groups is 1. The molecular formula is C36H37Cl2N3O3. The number of benzene rings is 3. The van der Waals surface area contributed by atoms with Crippen LogP contribution >= 0.6 is 23.2 Å². The number of amides is 1. The van der Waals surface area contributed by atoms with Gasteiger partial charge in [-0.05, 0) is 85.9 Å². The maximum Gasteiger partial charge on any atom is 0.249 e. The quantitative estimate of drug-likeness (QED) is 0.174. The molecule has 3 aromatic carbocycles. The fourth-order valence-corrected chi connectivity index (χ4v) is 5.55. The number of ether oxygens (including phenoxy) is 2. The summed E-state index contributed by atoms with van der Waals surface area (Å²) in [7, 11) is 0. The second-order valence-electron chi connectivity index (χ2n) is 11.3. The van der Waals surface area contributed by atoms with Crippen LogP contribution in [0.2, 0.25) is 10.0 Å². The fraction of sp³-hybridized carbons (Fsp3) is 0.278. The van der Waals surface area contributed by atoms with Gasteiger partial charge in [0.25, 0.3) is 0 Å². The van der Waals surface area contributed by atoms with Crippen LogP contribution in [0.3, 0.4) is 0 Å². The van der Waals surface area contributed by atoms with E-state index in [0.29, 0.717) is 47.7 Å². The van der Waals surface area contributed by atoms with Gasteiger partial charge >= 0.3 is 0 Å². The average molecular weight is 631 g/mol. The van der Waals surface area contributed by atoms with Crippen molar-refractivity contribution in [1.29, 1.82) is 0 Å². The molecule has 0 N–H and O–H groups in total. The molecule has 5 rings (SSSR count). The number of hydrogen-bond acceptors (Lipinski definition) is 5. The summed E-state index contributed by atoms with van der Waals surface area (Å²) in [5, 5.41) is 1.19. The molecule has 2 heterocycles. The highest BCUT2D eigenvalue weighted by molar-refractivity contribution is 6.32. The molecule has 1 amide bonds. The van der Waals surface area contributed by atoms with E-state index in [1.54, 1.807) is 12.3 Å². The summed E-state index contributed by atoms with van der Waals surface area (Å²) in [6.45, 7) is 12.2. The van der Waals surface area contributed by atoms with Crippen molar-refractivity contribution in [2.45, 2.75) is 40.8 Å². The van der Waals surface area contributed by atoms with Gasteiger partial charge < -0.3 is 14.4 Å². The first-order valence-electron chi connectivity index (χ1n) is 14.7. The molecular weight excluding hydrogens is 593 g/mol. The van der Waals surface area contributed by atoms with Gasteiger partial charge in [-0.1, -0.05) is 65.2 Å². The SMILES string of the molecule is CC(C(=O)N1CCN(Cc2ccc(Cl)cc2)CC1)=C(C)c1cc(C)c(Oc2ccc(OCc3ccc(C)cc3)cn2)c(Cl)c1. The molecule has 1 aliphatic rings. The second-order valence-corrected chi connectivity index (χ2v) is 12.1. The van der Waals surface area contributed by atoms with Crippen molar-refractivity contribution in [2.75, 3.05) is 26.2 Å². The Kier molecular flexibility index (Phi) is 10.3. The monoisotopic (exact) mass is 629 g/mol. The summed E-state index contributed by atoms with van der Waals surface area (Å²) in [6.07, 6.45) is 1.64. The van der Waals surface area contributed by atoms with E-state index in [1.165, 1.54) is 11.1 Å². The Morgan fingerprint density at radius 1 is 0.864 bits per heavy atom. The number of aromatic nitrogens is 1. The Morgan fingerprint density at radius 3 is 2.18 bits per heavy atom. The second kappa shape index (κ2) is 14.3. The summed E-state index contributed by atoms with van der Waals surface area (Å²) < 4.78 is 11.9. The van der Waals surface area contributed by atoms with Gasteiger partial charge in [0.1, 0.15) is 12.4 Å². The van der Waals surface area contributed by atoms with Gasteiger partial charge in [0.2, 0.25) is 11.8 Å². The molecule has 1 aliphatic heterocycles. The third-order valence-corrected chi connectivity index (χ3v) is 8.50. The normalized spacial score (nSPS) is 14.3. The van der Waals surface area contributed by atoms with Crippen LogP contribution in [0.1, 0.15) is 41.7 Å². The maximum atomic E-state index is 13.4. The maximum absolute atomic E-state index is 13.4. The van der Waals surface area contributed by atoms with Crippen molar-refractivity contribution in [1.82, 2.24) is 14.8 Å². The Morgan fingerprint density at radius 2 is 1.55 bits per heavy atom. The molecule has 0 aliphatic carbocycles. The zero-order valence-corrected chi connectivity index (χ0v) is 27.1. The Balaban J connectivity index is 1.19. The van der Waals surface area contributed by atoms with Crippen LogP contribution < -0.4 is 9.47 Å². The molecule has 0 unspecified atom stereocenters. The number of carbonyl (C=O) groups excluding carboxylic acids is 1. The minimum Gasteiger partial charge on any atom is -0.487 e. The van der Waals surface area contributed by atoms with Crippen LogP contribution in [0.5, 0.6) is 17.4 Å². The van der Waals surface area contributed by atoms with Crippen LogP contribution in [-0.2, 0) is 17.9 Å². The zero-order chi connectivity index (χ0) is 31.2. The van der Waals surface area contributed by atoms with E-state index >= 15 is 0 Å². The van der Waals surface area contributed by atoms with Crippen molar-refractivity contribution in [3.63, 3.8) is 0 Å². The first-order chi connectivity index (χ1) is 21.2. The van der Waals surface area contributed by atoms with Gasteiger partial charge in [-0.15, -0.1) is 0 Å². The van der Waals surface area contributed by atoms with E-state index in [-0.39, 0.29) is 5.91 Å². The molecule has 0 bridgehead atoms. The summed E-state index contributed by atoms with van der Waals surface area (Å²) in [6, 6.07) is 23.6. The molecule has 0 atom stereocenters. The highest BCUT2D eigenvalue weighted by atomic mass is 35.5. The van der Waals surface area contributed by atoms with E-state index in [2.05, 4.69) is 53.2 Å². The largest absolute Gasteiger partial charge is 0.487 e. The van der Waals surface area contributed by atoms with Gasteiger partial charge in [-0.25, -0.2) is 4.98 Å². The van der Waals surface area contributed by atoms with Crippen molar-refractivity contribution >= 4 is 34.7 Å². The summed E-state index contributed by atoms with van der Waals surface area (Å²) in [5.74, 6) is 1.65. The number of pyridine rings is 1. The summed E-state index contributed by atoms with van der Waals surface area (Å²) >= 11 is 12.7. The predicted molar refractivity (Wildman–Crippen MR) is 178 cm³/mol. The summed E-state index contributed by atoms with van der Waals surface area (Å²) in [5.41, 5.74) is 6.87. The molecule has 1 saturated heterocycles. The van der Waals surface area contributed by atoms with E-state index in [1.807, 2.05) is 56.0 Å². The highest BCUT2D eigenvalue weighted by Gasteiger charge is 2.23. The number of aryl methyl sites for hydroxylation is 2. The van der Waals surface area contributed by atoms with Crippen molar-refractivity contribution in [3.05, 3.63) is 122 Å². The Hall–Kier alpha value is -3.84. The zero-order valence-electron chi connectivity index (χ0n) is 25.6. The third-order valence-electron chi connectivity index (χ3n) is 7.97. The van der Waals surface area contributed by atoms with Crippen LogP contribution in [0.25, 0.3) is 5.57 Å². The van der Waals surface area contributed by atoms with Crippen LogP contribution in [0.15, 0.2) is 84.6 Å². The van der Waals surface area contributed by atoms with E-state index in [4.69, 9.17) is 32.7 Å².